The Labute approximate surface area is 421 Å². The summed E-state index contributed by atoms with van der Waals surface area (Å²) in [6.45, 7) is 50.0. The Morgan fingerprint density at radius 1 is 0.246 bits per heavy atom. The predicted octanol–water partition coefficient (Wildman–Crippen LogP) is 20.5. The van der Waals surface area contributed by atoms with Crippen LogP contribution in [-0.2, 0) is 38.7 Å². The molecule has 0 aliphatic rings. The van der Waals surface area contributed by atoms with Gasteiger partial charge in [-0.2, -0.15) is 13.2 Å². The van der Waals surface area contributed by atoms with Crippen LogP contribution in [-0.4, -0.2) is 0 Å². The van der Waals surface area contributed by atoms with Crippen LogP contribution in [0.5, 0.6) is 0 Å². The van der Waals surface area contributed by atoms with Crippen molar-refractivity contribution in [2.45, 2.75) is 198 Å². The fourth-order valence-corrected chi connectivity index (χ4v) is 7.26. The van der Waals surface area contributed by atoms with Gasteiger partial charge in [0.25, 0.3) is 0 Å². The van der Waals surface area contributed by atoms with E-state index in [0.29, 0.717) is 11.0 Å². The number of benzene rings is 6. The lowest BCUT2D eigenvalue weighted by Gasteiger charge is -2.23. The topological polar surface area (TPSA) is 0 Å². The van der Waals surface area contributed by atoms with Crippen molar-refractivity contribution in [1.29, 1.82) is 0 Å². The van der Waals surface area contributed by atoms with Crippen molar-refractivity contribution in [2.75, 3.05) is 0 Å². The molecule has 3 heteroatoms. The number of hydrogen-bond donors (Lipinski definition) is 0. The maximum atomic E-state index is 12.4. The van der Waals surface area contributed by atoms with Gasteiger partial charge in [-0.3, -0.25) is 0 Å². The van der Waals surface area contributed by atoms with E-state index in [-0.39, 0.29) is 27.1 Å². The summed E-state index contributed by atoms with van der Waals surface area (Å²) in [6.07, 6.45) is -4.25. The second kappa shape index (κ2) is 25.8. The molecule has 0 aliphatic heterocycles. The van der Waals surface area contributed by atoms with Gasteiger partial charge in [0, 0.05) is 0 Å². The van der Waals surface area contributed by atoms with Crippen LogP contribution in [0.25, 0.3) is 0 Å². The van der Waals surface area contributed by atoms with E-state index in [1.54, 1.807) is 6.07 Å². The molecule has 6 aromatic rings. The molecule has 0 nitrogen and oxygen atoms in total. The van der Waals surface area contributed by atoms with Gasteiger partial charge < -0.3 is 0 Å². The third-order valence-corrected chi connectivity index (χ3v) is 11.7. The van der Waals surface area contributed by atoms with Gasteiger partial charge in [0.2, 0.25) is 0 Å². The van der Waals surface area contributed by atoms with E-state index in [4.69, 9.17) is 0 Å². The van der Waals surface area contributed by atoms with Crippen LogP contribution >= 0.6 is 0 Å². The lowest BCUT2D eigenvalue weighted by atomic mass is 9.81. The van der Waals surface area contributed by atoms with Gasteiger partial charge in [0.15, 0.2) is 0 Å². The van der Waals surface area contributed by atoms with Gasteiger partial charge in [-0.1, -0.05) is 281 Å². The minimum atomic E-state index is -4.25. The lowest BCUT2D eigenvalue weighted by molar-refractivity contribution is -0.137. The summed E-state index contributed by atoms with van der Waals surface area (Å²) in [5.74, 6) is 0. The van der Waals surface area contributed by atoms with Gasteiger partial charge in [-0.25, -0.2) is 0 Å². The van der Waals surface area contributed by atoms with Crippen LogP contribution in [0, 0.1) is 34.6 Å². The molecule has 0 aliphatic carbocycles. The first-order valence-electron chi connectivity index (χ1n) is 24.8. The molecule has 0 unspecified atom stereocenters. The maximum Gasteiger partial charge on any atom is 0.416 e. The van der Waals surface area contributed by atoms with E-state index in [1.165, 1.54) is 67.8 Å². The normalized spacial score (nSPS) is 11.9. The first kappa shape index (κ1) is 62.1. The molecule has 0 spiro atoms. The molecule has 0 radical (unpaired) electrons. The summed E-state index contributed by atoms with van der Waals surface area (Å²) < 4.78 is 37.1. The second-order valence-corrected chi connectivity index (χ2v) is 24.8. The maximum absolute atomic E-state index is 12.4. The van der Waals surface area contributed by atoms with Crippen molar-refractivity contribution < 1.29 is 13.2 Å². The Hall–Kier alpha value is -4.89. The molecular weight excluding hydrogens is 850 g/mol. The van der Waals surface area contributed by atoms with Crippen LogP contribution in [0.15, 0.2) is 146 Å². The van der Waals surface area contributed by atoms with Crippen LogP contribution < -0.4 is 0 Å². The highest BCUT2D eigenvalue weighted by Crippen LogP contribution is 2.33. The van der Waals surface area contributed by atoms with E-state index < -0.39 is 11.7 Å². The van der Waals surface area contributed by atoms with E-state index in [0.717, 1.165) is 6.07 Å². The standard InChI is InChI=1S/C12H18.C11H13F3.3C11H16.C10H14/c1-9-7-6-8-10(2)11(9)12(3,4)5;1-10(2,3)8-5-4-6-9(7-8)11(12,13)14;3*1-9-5-7-10(8-6-9)11(2,3)4;1-10(2,3)9-7-5-4-6-8-9/h6-8H,1-5H3;4-7H,1-3H3;3*5-8H,1-4H3;4-8H,1-3H3. The van der Waals surface area contributed by atoms with Gasteiger partial charge in [-0.05, 0) is 118 Å². The number of rotatable bonds is 0. The zero-order valence-electron chi connectivity index (χ0n) is 47.5. The highest BCUT2D eigenvalue weighted by Gasteiger charge is 2.31. The SMILES string of the molecule is CC(C)(C)c1cccc(C(F)(F)F)c1.CC(C)(C)c1ccccc1.Cc1ccc(C(C)(C)C)cc1.Cc1ccc(C(C)(C)C)cc1.Cc1ccc(C(C)(C)C)cc1.Cc1cccc(C)c1C(C)(C)C. The number of halogens is 3. The largest absolute Gasteiger partial charge is 0.416 e. The minimum Gasteiger partial charge on any atom is -0.166 e. The zero-order valence-corrected chi connectivity index (χ0v) is 47.5. The van der Waals surface area contributed by atoms with E-state index in [1.807, 2.05) is 20.8 Å². The highest BCUT2D eigenvalue weighted by atomic mass is 19.4. The van der Waals surface area contributed by atoms with Crippen LogP contribution in [0.1, 0.15) is 191 Å². The van der Waals surface area contributed by atoms with Crippen LogP contribution in [0.3, 0.4) is 0 Å². The molecule has 0 amide bonds. The second-order valence-electron chi connectivity index (χ2n) is 24.8. The Bertz CT molecular complexity index is 2170. The molecular formula is C66H93F3. The van der Waals surface area contributed by atoms with E-state index in [2.05, 4.69) is 260 Å². The third-order valence-electron chi connectivity index (χ3n) is 11.7. The average Bonchev–Trinajstić information content (AvgIpc) is 3.20. The predicted molar refractivity (Wildman–Crippen MR) is 300 cm³/mol. The first-order valence-corrected chi connectivity index (χ1v) is 24.8. The van der Waals surface area contributed by atoms with Crippen molar-refractivity contribution in [3.63, 3.8) is 0 Å². The highest BCUT2D eigenvalue weighted by molar-refractivity contribution is 5.38. The molecule has 0 saturated heterocycles. The summed E-state index contributed by atoms with van der Waals surface area (Å²) >= 11 is 0. The van der Waals surface area contributed by atoms with E-state index >= 15 is 0 Å². The Balaban J connectivity index is 0.000000415. The lowest BCUT2D eigenvalue weighted by Crippen LogP contribution is -2.14. The monoisotopic (exact) mass is 943 g/mol. The van der Waals surface area contributed by atoms with E-state index in [9.17, 15) is 13.2 Å². The Morgan fingerprint density at radius 2 is 0.493 bits per heavy atom. The molecule has 0 bridgehead atoms. The molecule has 6 aromatic carbocycles. The minimum absolute atomic E-state index is 0.249. The summed E-state index contributed by atoms with van der Waals surface area (Å²) in [5.41, 5.74) is 15.2. The van der Waals surface area contributed by atoms with Gasteiger partial charge in [0.05, 0.1) is 5.56 Å². The van der Waals surface area contributed by atoms with Gasteiger partial charge >= 0.3 is 6.18 Å². The molecule has 0 heterocycles. The van der Waals surface area contributed by atoms with Crippen molar-refractivity contribution in [3.05, 3.63) is 212 Å². The molecule has 0 atom stereocenters. The van der Waals surface area contributed by atoms with Crippen molar-refractivity contribution in [1.82, 2.24) is 0 Å². The summed E-state index contributed by atoms with van der Waals surface area (Å²) in [4.78, 5) is 0. The molecule has 378 valence electrons. The Kier molecular flexibility index (Phi) is 23.2. The average molecular weight is 943 g/mol. The number of hydrogen-bond acceptors (Lipinski definition) is 0. The quantitative estimate of drug-likeness (QED) is 0.142. The van der Waals surface area contributed by atoms with Crippen molar-refractivity contribution >= 4 is 0 Å². The van der Waals surface area contributed by atoms with Crippen LogP contribution in [0.4, 0.5) is 13.2 Å². The molecule has 0 fully saturated rings. The number of alkyl halides is 3. The summed E-state index contributed by atoms with van der Waals surface area (Å²) in [5, 5.41) is 0. The molecule has 0 N–H and O–H groups in total. The van der Waals surface area contributed by atoms with Crippen molar-refractivity contribution in [3.8, 4) is 0 Å². The van der Waals surface area contributed by atoms with Crippen molar-refractivity contribution in [2.24, 2.45) is 0 Å². The molecule has 0 saturated carbocycles. The fraction of sp³-hybridized carbons (Fsp3) is 0.455. The first-order chi connectivity index (χ1) is 31.2. The summed E-state index contributed by atoms with van der Waals surface area (Å²) in [7, 11) is 0. The smallest absolute Gasteiger partial charge is 0.166 e. The van der Waals surface area contributed by atoms with Gasteiger partial charge in [-0.15, -0.1) is 0 Å². The molecule has 0 aromatic heterocycles. The molecule has 69 heavy (non-hydrogen) atoms. The fourth-order valence-electron chi connectivity index (χ4n) is 7.26. The Morgan fingerprint density at radius 3 is 0.725 bits per heavy atom. The number of aryl methyl sites for hydroxylation is 5. The molecule has 6 rings (SSSR count). The summed E-state index contributed by atoms with van der Waals surface area (Å²) in [6, 6.07) is 48.7. The third kappa shape index (κ3) is 24.0. The van der Waals surface area contributed by atoms with Crippen LogP contribution in [0.2, 0.25) is 0 Å². The van der Waals surface area contributed by atoms with Gasteiger partial charge in [0.1, 0.15) is 0 Å². The zero-order chi connectivity index (χ0) is 53.4.